The van der Waals surface area contributed by atoms with Gasteiger partial charge in [0, 0.05) is 24.8 Å². The highest BCUT2D eigenvalue weighted by Gasteiger charge is 2.09. The van der Waals surface area contributed by atoms with E-state index in [0.29, 0.717) is 25.4 Å². The smallest absolute Gasteiger partial charge is 0.223 e. The first-order valence-electron chi connectivity index (χ1n) is 17.0. The fraction of sp³-hybridized carbons (Fsp3) is 0.694. The third kappa shape index (κ3) is 20.3. The Morgan fingerprint density at radius 3 is 1.82 bits per heavy atom. The molecule has 1 aromatic carbocycles. The second kappa shape index (κ2) is 27.6. The minimum absolute atomic E-state index is 0. The van der Waals surface area contributed by atoms with E-state index < -0.39 is 0 Å². The second-order valence-corrected chi connectivity index (χ2v) is 12.3. The summed E-state index contributed by atoms with van der Waals surface area (Å²) in [5.41, 5.74) is 1.94. The average molecular weight is 657 g/mol. The van der Waals surface area contributed by atoms with E-state index >= 15 is 0 Å². The Balaban J connectivity index is 0.00000924. The second-order valence-electron chi connectivity index (χ2n) is 12.3. The zero-order chi connectivity index (χ0) is 30.3. The number of ether oxygens (including phenoxy) is 1. The van der Waals surface area contributed by atoms with Gasteiger partial charge in [-0.1, -0.05) is 115 Å². The Hall–Kier alpha value is -1.73. The average Bonchev–Trinajstić information content (AvgIpc) is 2.97. The number of nitrogens with zero attached hydrogens (tertiary/aromatic N) is 2. The summed E-state index contributed by atoms with van der Waals surface area (Å²) >= 11 is 0. The van der Waals surface area contributed by atoms with Crippen molar-refractivity contribution in [2.45, 2.75) is 129 Å². The van der Waals surface area contributed by atoms with Gasteiger partial charge in [0.15, 0.2) is 5.75 Å². The molecule has 0 saturated carbocycles. The lowest BCUT2D eigenvalue weighted by Crippen LogP contribution is -2.24. The van der Waals surface area contributed by atoms with Crippen LogP contribution in [-0.2, 0) is 13.1 Å². The maximum atomic E-state index is 12.9. The van der Waals surface area contributed by atoms with Crippen LogP contribution in [-0.4, -0.2) is 48.4 Å². The van der Waals surface area contributed by atoms with Gasteiger partial charge in [-0.2, -0.15) is 0 Å². The topological polar surface area (TPSA) is 66.7 Å². The van der Waals surface area contributed by atoms with Gasteiger partial charge in [0.2, 0.25) is 5.43 Å². The predicted octanol–water partition coefficient (Wildman–Crippen LogP) is 9.13. The molecular formula is C36H63Cl2N3O3. The number of unbranched alkanes of at least 4 members (excludes halogenated alkanes) is 15. The number of benzene rings is 1. The van der Waals surface area contributed by atoms with Gasteiger partial charge in [0.1, 0.15) is 5.75 Å². The van der Waals surface area contributed by atoms with Crippen LogP contribution in [0.15, 0.2) is 41.3 Å². The number of hydrogen-bond donors (Lipinski definition) is 2. The summed E-state index contributed by atoms with van der Waals surface area (Å²) in [4.78, 5) is 15.0. The molecular weight excluding hydrogens is 593 g/mol. The highest BCUT2D eigenvalue weighted by Crippen LogP contribution is 2.16. The van der Waals surface area contributed by atoms with Crippen LogP contribution in [0.25, 0.3) is 0 Å². The number of hydrogen-bond acceptors (Lipinski definition) is 5. The van der Waals surface area contributed by atoms with E-state index in [1.807, 2.05) is 18.3 Å². The maximum Gasteiger partial charge on any atom is 0.223 e. The number of aromatic hydroxyl groups is 1. The number of nitrogens with one attached hydrogen (secondary N) is 1. The fourth-order valence-corrected chi connectivity index (χ4v) is 5.37. The van der Waals surface area contributed by atoms with Gasteiger partial charge in [0.05, 0.1) is 12.8 Å². The first kappa shape index (κ1) is 42.3. The van der Waals surface area contributed by atoms with E-state index in [0.717, 1.165) is 43.6 Å². The normalized spacial score (nSPS) is 10.9. The van der Waals surface area contributed by atoms with Crippen LogP contribution in [0.3, 0.4) is 0 Å². The minimum Gasteiger partial charge on any atom is -0.508 e. The summed E-state index contributed by atoms with van der Waals surface area (Å²) in [6, 6.07) is 8.94. The zero-order valence-corrected chi connectivity index (χ0v) is 29.6. The predicted molar refractivity (Wildman–Crippen MR) is 192 cm³/mol. The molecule has 6 nitrogen and oxygen atoms in total. The third-order valence-electron chi connectivity index (χ3n) is 7.99. The first-order valence-corrected chi connectivity index (χ1v) is 17.0. The van der Waals surface area contributed by atoms with Gasteiger partial charge in [-0.3, -0.25) is 4.79 Å². The lowest BCUT2D eigenvalue weighted by Gasteiger charge is -2.17. The van der Waals surface area contributed by atoms with Crippen molar-refractivity contribution in [2.24, 2.45) is 0 Å². The molecule has 2 aromatic rings. The molecule has 1 heterocycles. The summed E-state index contributed by atoms with van der Waals surface area (Å²) in [7, 11) is 4.15. The van der Waals surface area contributed by atoms with Crippen molar-refractivity contribution in [2.75, 3.05) is 33.8 Å². The molecule has 44 heavy (non-hydrogen) atoms. The van der Waals surface area contributed by atoms with Gasteiger partial charge in [-0.15, -0.1) is 24.8 Å². The highest BCUT2D eigenvalue weighted by molar-refractivity contribution is 5.85. The Kier molecular flexibility index (Phi) is 26.5. The van der Waals surface area contributed by atoms with Crippen molar-refractivity contribution in [3.63, 3.8) is 0 Å². The van der Waals surface area contributed by atoms with Crippen molar-refractivity contribution in [1.29, 1.82) is 0 Å². The standard InChI is InChI=1S/C36H61N3O3.2ClH/c1-4-5-6-7-8-9-10-11-12-13-14-15-16-17-18-19-27-42-36-31-39(30-32-21-23-34(40)24-22-32)33(28-35(36)41)29-37-25-20-26-38(2)3;;/h21-24,28,31,37,40H,4-20,25-27,29-30H2,1-3H3;2*1H. The van der Waals surface area contributed by atoms with Gasteiger partial charge < -0.3 is 24.6 Å². The Morgan fingerprint density at radius 2 is 1.30 bits per heavy atom. The maximum absolute atomic E-state index is 12.9. The lowest BCUT2D eigenvalue weighted by molar-refractivity contribution is 0.298. The van der Waals surface area contributed by atoms with E-state index in [2.05, 4.69) is 35.8 Å². The van der Waals surface area contributed by atoms with E-state index in [4.69, 9.17) is 4.74 Å². The number of halogens is 2. The third-order valence-corrected chi connectivity index (χ3v) is 7.99. The number of rotatable bonds is 26. The SMILES string of the molecule is CCCCCCCCCCCCCCCCCCOc1cn(Cc2ccc(O)cc2)c(CNCCCN(C)C)cc1=O.Cl.Cl. The van der Waals surface area contributed by atoms with Crippen LogP contribution in [0.5, 0.6) is 11.5 Å². The van der Waals surface area contributed by atoms with Gasteiger partial charge in [-0.05, 0) is 57.7 Å². The molecule has 1 aromatic heterocycles. The molecule has 0 amide bonds. The molecule has 0 unspecified atom stereocenters. The molecule has 2 N–H and O–H groups in total. The summed E-state index contributed by atoms with van der Waals surface area (Å²) in [5.74, 6) is 0.676. The van der Waals surface area contributed by atoms with Crippen LogP contribution in [0.1, 0.15) is 127 Å². The summed E-state index contributed by atoms with van der Waals surface area (Å²) in [6.07, 6.45) is 24.4. The monoisotopic (exact) mass is 655 g/mol. The van der Waals surface area contributed by atoms with E-state index in [9.17, 15) is 9.90 Å². The van der Waals surface area contributed by atoms with Crippen LogP contribution in [0.4, 0.5) is 0 Å². The van der Waals surface area contributed by atoms with E-state index in [1.54, 1.807) is 18.2 Å². The van der Waals surface area contributed by atoms with Crippen molar-refractivity contribution in [3.05, 3.63) is 58.0 Å². The molecule has 0 atom stereocenters. The Bertz CT molecular complexity index is 999. The summed E-state index contributed by atoms with van der Waals surface area (Å²) in [5, 5.41) is 13.1. The molecule has 0 aliphatic heterocycles. The fourth-order valence-electron chi connectivity index (χ4n) is 5.37. The lowest BCUT2D eigenvalue weighted by atomic mass is 10.0. The van der Waals surface area contributed by atoms with Crippen molar-refractivity contribution < 1.29 is 9.84 Å². The highest BCUT2D eigenvalue weighted by atomic mass is 35.5. The minimum atomic E-state index is -0.0569. The van der Waals surface area contributed by atoms with Gasteiger partial charge >= 0.3 is 0 Å². The van der Waals surface area contributed by atoms with Gasteiger partial charge in [-0.25, -0.2) is 0 Å². The molecule has 0 aliphatic rings. The molecule has 254 valence electrons. The van der Waals surface area contributed by atoms with E-state index in [1.165, 1.54) is 89.9 Å². The molecule has 0 fully saturated rings. The molecule has 0 saturated heterocycles. The number of pyridine rings is 1. The number of phenolic OH excluding ortho intramolecular Hbond substituents is 1. The molecule has 0 aliphatic carbocycles. The quantitative estimate of drug-likeness (QED) is 0.0989. The zero-order valence-electron chi connectivity index (χ0n) is 28.0. The molecule has 0 radical (unpaired) electrons. The van der Waals surface area contributed by atoms with Gasteiger partial charge in [0.25, 0.3) is 0 Å². The molecule has 2 rings (SSSR count). The number of phenols is 1. The largest absolute Gasteiger partial charge is 0.508 e. The Morgan fingerprint density at radius 1 is 0.773 bits per heavy atom. The van der Waals surface area contributed by atoms with Crippen molar-refractivity contribution in [1.82, 2.24) is 14.8 Å². The summed E-state index contributed by atoms with van der Waals surface area (Å²) < 4.78 is 8.07. The van der Waals surface area contributed by atoms with Crippen molar-refractivity contribution in [3.8, 4) is 11.5 Å². The molecule has 8 heteroatoms. The number of aromatic nitrogens is 1. The van der Waals surface area contributed by atoms with E-state index in [-0.39, 0.29) is 36.0 Å². The van der Waals surface area contributed by atoms with Crippen LogP contribution in [0, 0.1) is 0 Å². The Labute approximate surface area is 281 Å². The summed E-state index contributed by atoms with van der Waals surface area (Å²) in [6.45, 7) is 6.02. The van der Waals surface area contributed by atoms with Crippen molar-refractivity contribution >= 4 is 24.8 Å². The van der Waals surface area contributed by atoms with Crippen LogP contribution >= 0.6 is 24.8 Å². The molecule has 0 bridgehead atoms. The van der Waals surface area contributed by atoms with Crippen LogP contribution < -0.4 is 15.5 Å². The molecule has 0 spiro atoms. The first-order chi connectivity index (χ1) is 20.5. The van der Waals surface area contributed by atoms with Crippen LogP contribution in [0.2, 0.25) is 0 Å².